The van der Waals surface area contributed by atoms with E-state index >= 15 is 0 Å². The first-order valence-electron chi connectivity index (χ1n) is 6.63. The van der Waals surface area contributed by atoms with Crippen molar-refractivity contribution in [2.75, 3.05) is 0 Å². The molecule has 106 valence electrons. The molecule has 0 fully saturated rings. The molecular weight excluding hydrogens is 256 g/mol. The predicted molar refractivity (Wildman–Crippen MR) is 76.8 cm³/mol. The molecular formula is C15H18N2O3. The smallest absolute Gasteiger partial charge is 0.336 e. The number of fused-ring (bicyclic) bond motifs is 1. The Morgan fingerprint density at radius 1 is 1.35 bits per heavy atom. The summed E-state index contributed by atoms with van der Waals surface area (Å²) < 4.78 is 1.76. The maximum Gasteiger partial charge on any atom is 0.336 e. The third kappa shape index (κ3) is 2.82. The SMILES string of the molecule is CCC(C)NC(=O)Cn1ccc2c(C(=O)O)cccc21. The van der Waals surface area contributed by atoms with Crippen molar-refractivity contribution in [3.63, 3.8) is 0 Å². The van der Waals surface area contributed by atoms with Crippen molar-refractivity contribution >= 4 is 22.8 Å². The normalized spacial score (nSPS) is 12.3. The fourth-order valence-electron chi connectivity index (χ4n) is 2.13. The van der Waals surface area contributed by atoms with Crippen molar-refractivity contribution in [1.82, 2.24) is 9.88 Å². The highest BCUT2D eigenvalue weighted by Gasteiger charge is 2.12. The molecule has 1 heterocycles. The van der Waals surface area contributed by atoms with E-state index in [-0.39, 0.29) is 24.1 Å². The van der Waals surface area contributed by atoms with Crippen LogP contribution >= 0.6 is 0 Å². The largest absolute Gasteiger partial charge is 0.478 e. The third-order valence-electron chi connectivity index (χ3n) is 3.38. The number of carboxylic acids is 1. The minimum Gasteiger partial charge on any atom is -0.478 e. The number of carbonyl (C=O) groups is 2. The first-order valence-corrected chi connectivity index (χ1v) is 6.63. The van der Waals surface area contributed by atoms with Crippen molar-refractivity contribution in [3.05, 3.63) is 36.0 Å². The molecule has 0 saturated carbocycles. The van der Waals surface area contributed by atoms with Crippen LogP contribution in [0.1, 0.15) is 30.6 Å². The Kier molecular flexibility index (Phi) is 4.08. The zero-order valence-electron chi connectivity index (χ0n) is 11.6. The summed E-state index contributed by atoms with van der Waals surface area (Å²) in [6, 6.07) is 6.94. The van der Waals surface area contributed by atoms with Crippen LogP contribution in [-0.2, 0) is 11.3 Å². The molecule has 0 spiro atoms. The van der Waals surface area contributed by atoms with Gasteiger partial charge >= 0.3 is 5.97 Å². The molecule has 2 N–H and O–H groups in total. The molecule has 0 saturated heterocycles. The topological polar surface area (TPSA) is 71.3 Å². The Hall–Kier alpha value is -2.30. The lowest BCUT2D eigenvalue weighted by Gasteiger charge is -2.12. The quantitative estimate of drug-likeness (QED) is 0.878. The first kappa shape index (κ1) is 14.1. The lowest BCUT2D eigenvalue weighted by atomic mass is 10.1. The van der Waals surface area contributed by atoms with E-state index in [1.807, 2.05) is 19.9 Å². The van der Waals surface area contributed by atoms with E-state index in [1.165, 1.54) is 0 Å². The van der Waals surface area contributed by atoms with Crippen molar-refractivity contribution < 1.29 is 14.7 Å². The van der Waals surface area contributed by atoms with Gasteiger partial charge in [-0.25, -0.2) is 4.79 Å². The number of nitrogens with one attached hydrogen (secondary N) is 1. The van der Waals surface area contributed by atoms with Crippen LogP contribution in [0.3, 0.4) is 0 Å². The number of benzene rings is 1. The van der Waals surface area contributed by atoms with Crippen LogP contribution in [0, 0.1) is 0 Å². The molecule has 1 amide bonds. The fourth-order valence-corrected chi connectivity index (χ4v) is 2.13. The Morgan fingerprint density at radius 2 is 2.10 bits per heavy atom. The maximum atomic E-state index is 11.9. The average molecular weight is 274 g/mol. The van der Waals surface area contributed by atoms with E-state index in [0.29, 0.717) is 5.39 Å². The monoisotopic (exact) mass is 274 g/mol. The summed E-state index contributed by atoms with van der Waals surface area (Å²) in [5, 5.41) is 12.7. The summed E-state index contributed by atoms with van der Waals surface area (Å²) in [6.07, 6.45) is 2.62. The van der Waals surface area contributed by atoms with Crippen LogP contribution in [-0.4, -0.2) is 27.6 Å². The zero-order chi connectivity index (χ0) is 14.7. The van der Waals surface area contributed by atoms with Gasteiger partial charge in [0, 0.05) is 23.1 Å². The minimum atomic E-state index is -0.961. The van der Waals surface area contributed by atoms with Crippen LogP contribution in [0.4, 0.5) is 0 Å². The molecule has 1 aromatic carbocycles. The molecule has 0 radical (unpaired) electrons. The Labute approximate surface area is 117 Å². The van der Waals surface area contributed by atoms with Crippen LogP contribution in [0.15, 0.2) is 30.5 Å². The molecule has 0 aliphatic rings. The van der Waals surface area contributed by atoms with Crippen LogP contribution in [0.25, 0.3) is 10.9 Å². The molecule has 1 atom stereocenters. The molecule has 5 nitrogen and oxygen atoms in total. The van der Waals surface area contributed by atoms with E-state index in [1.54, 1.807) is 29.0 Å². The summed E-state index contributed by atoms with van der Waals surface area (Å²) >= 11 is 0. The number of aromatic nitrogens is 1. The second kappa shape index (κ2) is 5.77. The summed E-state index contributed by atoms with van der Waals surface area (Å²) in [5.41, 5.74) is 1.01. The molecule has 0 bridgehead atoms. The van der Waals surface area contributed by atoms with E-state index < -0.39 is 5.97 Å². The van der Waals surface area contributed by atoms with Crippen molar-refractivity contribution in [2.45, 2.75) is 32.9 Å². The van der Waals surface area contributed by atoms with Gasteiger partial charge in [0.05, 0.1) is 5.56 Å². The number of carbonyl (C=O) groups excluding carboxylic acids is 1. The Morgan fingerprint density at radius 3 is 2.75 bits per heavy atom. The van der Waals surface area contributed by atoms with Gasteiger partial charge in [-0.1, -0.05) is 13.0 Å². The summed E-state index contributed by atoms with van der Waals surface area (Å²) in [5.74, 6) is -1.03. The molecule has 20 heavy (non-hydrogen) atoms. The predicted octanol–water partition coefficient (Wildman–Crippen LogP) is 2.25. The van der Waals surface area contributed by atoms with Gasteiger partial charge in [-0.2, -0.15) is 0 Å². The number of aromatic carboxylic acids is 1. The number of amides is 1. The van der Waals surface area contributed by atoms with Gasteiger partial charge in [0.25, 0.3) is 0 Å². The number of carboxylic acid groups (broad SMARTS) is 1. The zero-order valence-corrected chi connectivity index (χ0v) is 11.6. The number of hydrogen-bond acceptors (Lipinski definition) is 2. The van der Waals surface area contributed by atoms with E-state index in [0.717, 1.165) is 11.9 Å². The number of hydrogen-bond donors (Lipinski definition) is 2. The summed E-state index contributed by atoms with van der Waals surface area (Å²) in [4.78, 5) is 23.0. The summed E-state index contributed by atoms with van der Waals surface area (Å²) in [6.45, 7) is 4.15. The van der Waals surface area contributed by atoms with Gasteiger partial charge < -0.3 is 15.0 Å². The van der Waals surface area contributed by atoms with E-state index in [2.05, 4.69) is 5.32 Å². The lowest BCUT2D eigenvalue weighted by Crippen LogP contribution is -2.34. The fraction of sp³-hybridized carbons (Fsp3) is 0.333. The summed E-state index contributed by atoms with van der Waals surface area (Å²) in [7, 11) is 0. The minimum absolute atomic E-state index is 0.0717. The van der Waals surface area contributed by atoms with Gasteiger partial charge in [0.15, 0.2) is 0 Å². The van der Waals surface area contributed by atoms with Crippen molar-refractivity contribution in [3.8, 4) is 0 Å². The Bertz CT molecular complexity index is 646. The standard InChI is InChI=1S/C15H18N2O3/c1-3-10(2)16-14(18)9-17-8-7-11-12(15(19)20)5-4-6-13(11)17/h4-8,10H,3,9H2,1-2H3,(H,16,18)(H,19,20). The van der Waals surface area contributed by atoms with E-state index in [4.69, 9.17) is 5.11 Å². The highest BCUT2D eigenvalue weighted by molar-refractivity contribution is 6.03. The van der Waals surface area contributed by atoms with Gasteiger partial charge in [0.1, 0.15) is 6.54 Å². The van der Waals surface area contributed by atoms with Gasteiger partial charge in [0.2, 0.25) is 5.91 Å². The van der Waals surface area contributed by atoms with Gasteiger partial charge in [-0.3, -0.25) is 4.79 Å². The molecule has 0 aliphatic carbocycles. The number of rotatable bonds is 5. The van der Waals surface area contributed by atoms with E-state index in [9.17, 15) is 9.59 Å². The maximum absolute atomic E-state index is 11.9. The molecule has 2 rings (SSSR count). The van der Waals surface area contributed by atoms with Crippen LogP contribution in [0.5, 0.6) is 0 Å². The van der Waals surface area contributed by atoms with Crippen molar-refractivity contribution in [1.29, 1.82) is 0 Å². The number of nitrogens with zero attached hydrogens (tertiary/aromatic N) is 1. The second-order valence-electron chi connectivity index (χ2n) is 4.86. The first-order chi connectivity index (χ1) is 9.52. The van der Waals surface area contributed by atoms with Gasteiger partial charge in [-0.15, -0.1) is 0 Å². The van der Waals surface area contributed by atoms with Crippen LogP contribution in [0.2, 0.25) is 0 Å². The van der Waals surface area contributed by atoms with Crippen molar-refractivity contribution in [2.24, 2.45) is 0 Å². The molecule has 0 aliphatic heterocycles. The Balaban J connectivity index is 2.26. The molecule has 1 aromatic heterocycles. The second-order valence-corrected chi connectivity index (χ2v) is 4.86. The average Bonchev–Trinajstić information content (AvgIpc) is 2.81. The lowest BCUT2D eigenvalue weighted by molar-refractivity contribution is -0.122. The highest BCUT2D eigenvalue weighted by Crippen LogP contribution is 2.20. The molecule has 2 aromatic rings. The third-order valence-corrected chi connectivity index (χ3v) is 3.38. The highest BCUT2D eigenvalue weighted by atomic mass is 16.4. The van der Waals surface area contributed by atoms with Gasteiger partial charge in [-0.05, 0) is 31.5 Å². The molecule has 1 unspecified atom stereocenters. The van der Waals surface area contributed by atoms with Crippen LogP contribution < -0.4 is 5.32 Å². The molecule has 5 heteroatoms.